The number of aliphatic imine (C=N–C) groups is 1. The number of benzene rings is 2. The minimum atomic E-state index is -1.09. The Labute approximate surface area is 146 Å². The molecule has 24 heavy (non-hydrogen) atoms. The standard InChI is InChI=1S/C17H9Cl2NO4/c18-12-6-5-10(7-13(12)19)15-20-14(17(23)24-15)8-9-3-1-2-4-11(9)16(21)22/h1-8H,(H,21,22)/b14-8+. The molecule has 0 saturated heterocycles. The summed E-state index contributed by atoms with van der Waals surface area (Å²) in [6.45, 7) is 0. The van der Waals surface area contributed by atoms with Crippen molar-refractivity contribution in [3.05, 3.63) is 74.9 Å². The van der Waals surface area contributed by atoms with Gasteiger partial charge in [-0.05, 0) is 35.9 Å². The molecule has 0 spiro atoms. The fourth-order valence-corrected chi connectivity index (χ4v) is 2.42. The summed E-state index contributed by atoms with van der Waals surface area (Å²) >= 11 is 11.8. The quantitative estimate of drug-likeness (QED) is 0.661. The summed E-state index contributed by atoms with van der Waals surface area (Å²) in [5.74, 6) is -1.68. The van der Waals surface area contributed by atoms with Gasteiger partial charge in [-0.3, -0.25) is 0 Å². The van der Waals surface area contributed by atoms with Gasteiger partial charge in [-0.25, -0.2) is 14.6 Å². The SMILES string of the molecule is O=C1OC(c2ccc(Cl)c(Cl)c2)=N/C1=C/c1ccccc1C(=O)O. The largest absolute Gasteiger partial charge is 0.478 e. The Hall–Kier alpha value is -2.63. The van der Waals surface area contributed by atoms with Crippen molar-refractivity contribution in [3.8, 4) is 0 Å². The van der Waals surface area contributed by atoms with E-state index in [1.165, 1.54) is 18.2 Å². The molecule has 1 aliphatic heterocycles. The van der Waals surface area contributed by atoms with Crippen LogP contribution in [0.15, 0.2) is 53.2 Å². The predicted molar refractivity (Wildman–Crippen MR) is 90.5 cm³/mol. The van der Waals surface area contributed by atoms with E-state index in [4.69, 9.17) is 27.9 Å². The highest BCUT2D eigenvalue weighted by Gasteiger charge is 2.25. The molecule has 0 bridgehead atoms. The van der Waals surface area contributed by atoms with E-state index in [-0.39, 0.29) is 17.2 Å². The van der Waals surface area contributed by atoms with Crippen molar-refractivity contribution < 1.29 is 19.4 Å². The molecule has 1 heterocycles. The number of carbonyl (C=O) groups is 2. The molecule has 3 rings (SSSR count). The van der Waals surface area contributed by atoms with Gasteiger partial charge in [-0.1, -0.05) is 41.4 Å². The van der Waals surface area contributed by atoms with Crippen molar-refractivity contribution in [1.82, 2.24) is 0 Å². The number of aromatic carboxylic acids is 1. The molecule has 120 valence electrons. The second kappa shape index (κ2) is 6.47. The summed E-state index contributed by atoms with van der Waals surface area (Å²) in [6, 6.07) is 11.0. The lowest BCUT2D eigenvalue weighted by Crippen LogP contribution is -2.05. The van der Waals surface area contributed by atoms with Crippen molar-refractivity contribution >= 4 is 47.1 Å². The molecule has 0 aromatic heterocycles. The van der Waals surface area contributed by atoms with Crippen LogP contribution in [-0.2, 0) is 9.53 Å². The van der Waals surface area contributed by atoms with Gasteiger partial charge in [0.25, 0.3) is 0 Å². The Kier molecular flexibility index (Phi) is 4.38. The van der Waals surface area contributed by atoms with E-state index in [9.17, 15) is 14.7 Å². The Morgan fingerprint density at radius 1 is 1.12 bits per heavy atom. The first-order valence-electron chi connectivity index (χ1n) is 6.76. The molecule has 0 aliphatic carbocycles. The van der Waals surface area contributed by atoms with Gasteiger partial charge in [0.15, 0.2) is 5.70 Å². The summed E-state index contributed by atoms with van der Waals surface area (Å²) < 4.78 is 5.12. The van der Waals surface area contributed by atoms with Crippen molar-refractivity contribution in [2.24, 2.45) is 4.99 Å². The Balaban J connectivity index is 2.00. The number of halogens is 2. The molecule has 2 aromatic rings. The maximum atomic E-state index is 12.0. The normalized spacial score (nSPS) is 15.3. The fraction of sp³-hybridized carbons (Fsp3) is 0. The molecule has 5 nitrogen and oxygen atoms in total. The zero-order valence-corrected chi connectivity index (χ0v) is 13.5. The number of nitrogens with zero attached hydrogens (tertiary/aromatic N) is 1. The molecule has 0 amide bonds. The van der Waals surface area contributed by atoms with E-state index in [1.807, 2.05) is 0 Å². The minimum Gasteiger partial charge on any atom is -0.478 e. The van der Waals surface area contributed by atoms with Gasteiger partial charge in [-0.15, -0.1) is 0 Å². The summed E-state index contributed by atoms with van der Waals surface area (Å²) in [5, 5.41) is 9.86. The van der Waals surface area contributed by atoms with Crippen LogP contribution >= 0.6 is 23.2 Å². The van der Waals surface area contributed by atoms with Crippen LogP contribution in [0.5, 0.6) is 0 Å². The van der Waals surface area contributed by atoms with E-state index >= 15 is 0 Å². The molecular formula is C17H9Cl2NO4. The number of ether oxygens (including phenoxy) is 1. The van der Waals surface area contributed by atoms with Gasteiger partial charge >= 0.3 is 11.9 Å². The molecule has 2 aromatic carbocycles. The first-order valence-corrected chi connectivity index (χ1v) is 7.51. The molecule has 7 heteroatoms. The lowest BCUT2D eigenvalue weighted by atomic mass is 10.1. The Bertz CT molecular complexity index is 919. The monoisotopic (exact) mass is 361 g/mol. The van der Waals surface area contributed by atoms with Crippen LogP contribution in [0.3, 0.4) is 0 Å². The highest BCUT2D eigenvalue weighted by Crippen LogP contribution is 2.26. The first-order chi connectivity index (χ1) is 11.5. The van der Waals surface area contributed by atoms with Gasteiger partial charge in [-0.2, -0.15) is 0 Å². The second-order valence-electron chi connectivity index (χ2n) is 4.86. The maximum Gasteiger partial charge on any atom is 0.363 e. The summed E-state index contributed by atoms with van der Waals surface area (Å²) in [5.41, 5.74) is 0.921. The second-order valence-corrected chi connectivity index (χ2v) is 5.67. The van der Waals surface area contributed by atoms with Crippen LogP contribution in [0.25, 0.3) is 6.08 Å². The lowest BCUT2D eigenvalue weighted by molar-refractivity contribution is -0.129. The molecular weight excluding hydrogens is 353 g/mol. The molecule has 0 saturated carbocycles. The van der Waals surface area contributed by atoms with E-state index in [1.54, 1.807) is 30.3 Å². The summed E-state index contributed by atoms with van der Waals surface area (Å²) in [4.78, 5) is 27.3. The van der Waals surface area contributed by atoms with E-state index in [0.29, 0.717) is 21.2 Å². The predicted octanol–water partition coefficient (Wildman–Crippen LogP) is 4.04. The Morgan fingerprint density at radius 2 is 1.88 bits per heavy atom. The van der Waals surface area contributed by atoms with Crippen molar-refractivity contribution in [2.45, 2.75) is 0 Å². The van der Waals surface area contributed by atoms with Crippen molar-refractivity contribution in [3.63, 3.8) is 0 Å². The molecule has 0 radical (unpaired) electrons. The fourth-order valence-electron chi connectivity index (χ4n) is 2.13. The number of hydrogen-bond donors (Lipinski definition) is 1. The van der Waals surface area contributed by atoms with Crippen LogP contribution in [0.1, 0.15) is 21.5 Å². The number of esters is 1. The number of cyclic esters (lactones) is 1. The van der Waals surface area contributed by atoms with Crippen molar-refractivity contribution in [1.29, 1.82) is 0 Å². The maximum absolute atomic E-state index is 12.0. The minimum absolute atomic E-state index is 0.00442. The number of carbonyl (C=O) groups excluding carboxylic acids is 1. The van der Waals surface area contributed by atoms with E-state index in [2.05, 4.69) is 4.99 Å². The average molecular weight is 362 g/mol. The molecule has 1 aliphatic rings. The van der Waals surface area contributed by atoms with E-state index < -0.39 is 11.9 Å². The first kappa shape index (κ1) is 16.2. The van der Waals surface area contributed by atoms with Crippen molar-refractivity contribution in [2.75, 3.05) is 0 Å². The smallest absolute Gasteiger partial charge is 0.363 e. The number of carboxylic acid groups (broad SMARTS) is 1. The van der Waals surface area contributed by atoms with Gasteiger partial charge in [0.2, 0.25) is 5.90 Å². The number of hydrogen-bond acceptors (Lipinski definition) is 4. The molecule has 0 fully saturated rings. The third kappa shape index (κ3) is 3.18. The number of rotatable bonds is 3. The highest BCUT2D eigenvalue weighted by atomic mass is 35.5. The van der Waals surface area contributed by atoms with E-state index in [0.717, 1.165) is 0 Å². The van der Waals surface area contributed by atoms with Crippen LogP contribution in [0.2, 0.25) is 10.0 Å². The summed E-state index contributed by atoms with van der Waals surface area (Å²) in [7, 11) is 0. The van der Waals surface area contributed by atoms with Crippen LogP contribution in [0, 0.1) is 0 Å². The molecule has 1 N–H and O–H groups in total. The van der Waals surface area contributed by atoms with Crippen LogP contribution < -0.4 is 0 Å². The zero-order chi connectivity index (χ0) is 17.3. The summed E-state index contributed by atoms with van der Waals surface area (Å²) in [6.07, 6.45) is 1.37. The molecule has 0 atom stereocenters. The highest BCUT2D eigenvalue weighted by molar-refractivity contribution is 6.42. The molecule has 0 unspecified atom stereocenters. The van der Waals surface area contributed by atoms with Gasteiger partial charge in [0.1, 0.15) is 0 Å². The van der Waals surface area contributed by atoms with Crippen LogP contribution in [0.4, 0.5) is 0 Å². The Morgan fingerprint density at radius 3 is 2.58 bits per heavy atom. The zero-order valence-electron chi connectivity index (χ0n) is 12.0. The van der Waals surface area contributed by atoms with Gasteiger partial charge in [0.05, 0.1) is 15.6 Å². The average Bonchev–Trinajstić information content (AvgIpc) is 2.91. The van der Waals surface area contributed by atoms with Crippen LogP contribution in [-0.4, -0.2) is 22.9 Å². The lowest BCUT2D eigenvalue weighted by Gasteiger charge is -2.01. The van der Waals surface area contributed by atoms with Gasteiger partial charge in [0, 0.05) is 5.56 Å². The third-order valence-electron chi connectivity index (χ3n) is 3.27. The van der Waals surface area contributed by atoms with Gasteiger partial charge < -0.3 is 9.84 Å². The topological polar surface area (TPSA) is 76.0 Å². The number of carboxylic acids is 1. The third-order valence-corrected chi connectivity index (χ3v) is 4.01.